The lowest BCUT2D eigenvalue weighted by Gasteiger charge is -2.07. The first kappa shape index (κ1) is 13.8. The number of hydrogen-bond acceptors (Lipinski definition) is 3. The Labute approximate surface area is 122 Å². The molecule has 6 heteroatoms. The van der Waals surface area contributed by atoms with E-state index in [1.54, 1.807) is 6.07 Å². The normalized spacial score (nSPS) is 10.2. The molecule has 0 aliphatic carbocycles. The van der Waals surface area contributed by atoms with Gasteiger partial charge in [0.1, 0.15) is 0 Å². The summed E-state index contributed by atoms with van der Waals surface area (Å²) in [6.45, 7) is 0. The van der Waals surface area contributed by atoms with Crippen molar-refractivity contribution in [1.82, 2.24) is 0 Å². The molecule has 0 atom stereocenters. The van der Waals surface area contributed by atoms with E-state index in [4.69, 9.17) is 5.11 Å². The third kappa shape index (κ3) is 3.65. The molecule has 2 N–H and O–H groups in total. The van der Waals surface area contributed by atoms with Gasteiger partial charge in [-0.1, -0.05) is 6.07 Å². The fourth-order valence-electron chi connectivity index (χ4n) is 1.52. The van der Waals surface area contributed by atoms with Gasteiger partial charge < -0.3 is 10.4 Å². The monoisotopic (exact) mass is 339 g/mol. The highest BCUT2D eigenvalue weighted by molar-refractivity contribution is 9.10. The van der Waals surface area contributed by atoms with Crippen LogP contribution < -0.4 is 5.32 Å². The Balaban J connectivity index is 2.07. The molecular weight excluding hydrogens is 330 g/mol. The van der Waals surface area contributed by atoms with Crippen LogP contribution in [0.5, 0.6) is 0 Å². The van der Waals surface area contributed by atoms with Crippen LogP contribution in [-0.4, -0.2) is 17.0 Å². The summed E-state index contributed by atoms with van der Waals surface area (Å²) in [5, 5.41) is 13.5. The van der Waals surface area contributed by atoms with E-state index in [1.165, 1.54) is 23.5 Å². The van der Waals surface area contributed by atoms with Gasteiger partial charge >= 0.3 is 5.97 Å². The molecule has 0 saturated carbocycles. The fourth-order valence-corrected chi connectivity index (χ4v) is 2.70. The molecule has 1 heterocycles. The maximum Gasteiger partial charge on any atom is 0.335 e. The Morgan fingerprint density at radius 1 is 1.32 bits per heavy atom. The molecule has 0 radical (unpaired) electrons. The van der Waals surface area contributed by atoms with Crippen molar-refractivity contribution in [3.8, 4) is 0 Å². The van der Waals surface area contributed by atoms with Crippen molar-refractivity contribution in [1.29, 1.82) is 0 Å². The Bertz CT molecular complexity index is 610. The van der Waals surface area contributed by atoms with Crippen molar-refractivity contribution in [2.45, 2.75) is 6.42 Å². The minimum Gasteiger partial charge on any atom is -0.478 e. The molecule has 1 amide bonds. The number of anilines is 1. The molecule has 0 bridgehead atoms. The van der Waals surface area contributed by atoms with Crippen LogP contribution in [-0.2, 0) is 11.2 Å². The lowest BCUT2D eigenvalue weighted by molar-refractivity contribution is -0.115. The molecule has 0 aliphatic heterocycles. The smallest absolute Gasteiger partial charge is 0.335 e. The lowest BCUT2D eigenvalue weighted by Crippen LogP contribution is -2.14. The van der Waals surface area contributed by atoms with E-state index in [2.05, 4.69) is 21.2 Å². The molecule has 19 heavy (non-hydrogen) atoms. The first-order valence-electron chi connectivity index (χ1n) is 5.41. The van der Waals surface area contributed by atoms with Gasteiger partial charge in [0.25, 0.3) is 0 Å². The molecule has 0 spiro atoms. The number of nitrogens with one attached hydrogen (secondary N) is 1. The second-order valence-corrected chi connectivity index (χ2v) is 5.69. The number of carbonyl (C=O) groups is 2. The van der Waals surface area contributed by atoms with Crippen LogP contribution in [0.1, 0.15) is 15.2 Å². The zero-order valence-corrected chi connectivity index (χ0v) is 12.1. The number of rotatable bonds is 4. The summed E-state index contributed by atoms with van der Waals surface area (Å²) in [6.07, 6.45) is 0.310. The van der Waals surface area contributed by atoms with E-state index in [0.29, 0.717) is 16.6 Å². The first-order valence-corrected chi connectivity index (χ1v) is 7.08. The summed E-state index contributed by atoms with van der Waals surface area (Å²) < 4.78 is 0.548. The molecule has 0 unspecified atom stereocenters. The highest BCUT2D eigenvalue weighted by Gasteiger charge is 2.10. The third-order valence-electron chi connectivity index (χ3n) is 2.41. The van der Waals surface area contributed by atoms with Crippen molar-refractivity contribution >= 4 is 44.8 Å². The Hall–Kier alpha value is -1.66. The van der Waals surface area contributed by atoms with Gasteiger partial charge in [0, 0.05) is 9.35 Å². The summed E-state index contributed by atoms with van der Waals surface area (Å²) in [7, 11) is 0. The van der Waals surface area contributed by atoms with Crippen LogP contribution in [0.3, 0.4) is 0 Å². The zero-order valence-electron chi connectivity index (χ0n) is 9.72. The van der Waals surface area contributed by atoms with Gasteiger partial charge in [0.05, 0.1) is 17.7 Å². The number of amides is 1. The largest absolute Gasteiger partial charge is 0.478 e. The maximum atomic E-state index is 11.8. The lowest BCUT2D eigenvalue weighted by atomic mass is 10.2. The molecule has 0 fully saturated rings. The van der Waals surface area contributed by atoms with Crippen molar-refractivity contribution < 1.29 is 14.7 Å². The van der Waals surface area contributed by atoms with Gasteiger partial charge in [0.2, 0.25) is 5.91 Å². The quantitative estimate of drug-likeness (QED) is 0.897. The Kier molecular flexibility index (Phi) is 4.34. The standard InChI is InChI=1S/C13H10BrNO3S/c14-10-6-8(13(17)18)3-4-11(10)15-12(16)7-9-2-1-5-19-9/h1-6H,7H2,(H,15,16)(H,17,18). The van der Waals surface area contributed by atoms with E-state index in [9.17, 15) is 9.59 Å². The first-order chi connectivity index (χ1) is 9.06. The summed E-state index contributed by atoms with van der Waals surface area (Å²) in [5.74, 6) is -1.14. The number of carboxylic acid groups (broad SMARTS) is 1. The van der Waals surface area contributed by atoms with Crippen LogP contribution in [0, 0.1) is 0 Å². The molecule has 1 aromatic carbocycles. The number of halogens is 1. The molecule has 4 nitrogen and oxygen atoms in total. The fraction of sp³-hybridized carbons (Fsp3) is 0.0769. The SMILES string of the molecule is O=C(Cc1cccs1)Nc1ccc(C(=O)O)cc1Br. The molecular formula is C13H10BrNO3S. The van der Waals surface area contributed by atoms with Gasteiger partial charge in [-0.15, -0.1) is 11.3 Å². The summed E-state index contributed by atoms with van der Waals surface area (Å²) in [5.41, 5.74) is 0.731. The van der Waals surface area contributed by atoms with Crippen LogP contribution >= 0.6 is 27.3 Å². The highest BCUT2D eigenvalue weighted by atomic mass is 79.9. The van der Waals surface area contributed by atoms with Crippen molar-refractivity contribution in [3.05, 3.63) is 50.6 Å². The average molecular weight is 340 g/mol. The second-order valence-electron chi connectivity index (χ2n) is 3.80. The number of hydrogen-bond donors (Lipinski definition) is 2. The van der Waals surface area contributed by atoms with Gasteiger partial charge in [-0.3, -0.25) is 4.79 Å². The molecule has 98 valence electrons. The maximum absolute atomic E-state index is 11.8. The molecule has 0 saturated heterocycles. The van der Waals surface area contributed by atoms with E-state index >= 15 is 0 Å². The van der Waals surface area contributed by atoms with E-state index in [1.807, 2.05) is 17.5 Å². The van der Waals surface area contributed by atoms with Crippen LogP contribution in [0.15, 0.2) is 40.2 Å². The van der Waals surface area contributed by atoms with Crippen LogP contribution in [0.25, 0.3) is 0 Å². The summed E-state index contributed by atoms with van der Waals surface area (Å²) in [6, 6.07) is 8.27. The minimum absolute atomic E-state index is 0.133. The number of carbonyl (C=O) groups excluding carboxylic acids is 1. The Morgan fingerprint density at radius 2 is 2.11 bits per heavy atom. The van der Waals surface area contributed by atoms with Crippen molar-refractivity contribution in [2.75, 3.05) is 5.32 Å². The molecule has 1 aromatic heterocycles. The third-order valence-corrected chi connectivity index (χ3v) is 3.94. The van der Waals surface area contributed by atoms with Crippen molar-refractivity contribution in [3.63, 3.8) is 0 Å². The highest BCUT2D eigenvalue weighted by Crippen LogP contribution is 2.24. The molecule has 2 aromatic rings. The van der Waals surface area contributed by atoms with E-state index in [-0.39, 0.29) is 11.5 Å². The number of carboxylic acids is 1. The Morgan fingerprint density at radius 3 is 2.68 bits per heavy atom. The van der Waals surface area contributed by atoms with E-state index < -0.39 is 5.97 Å². The zero-order chi connectivity index (χ0) is 13.8. The number of benzene rings is 1. The predicted octanol–water partition coefficient (Wildman–Crippen LogP) is 3.39. The van der Waals surface area contributed by atoms with Crippen molar-refractivity contribution in [2.24, 2.45) is 0 Å². The number of aromatic carboxylic acids is 1. The van der Waals surface area contributed by atoms with Gasteiger partial charge in [-0.25, -0.2) is 4.79 Å². The van der Waals surface area contributed by atoms with Gasteiger partial charge in [-0.05, 0) is 45.6 Å². The van der Waals surface area contributed by atoms with Crippen LogP contribution in [0.4, 0.5) is 5.69 Å². The second kappa shape index (κ2) is 5.99. The molecule has 2 rings (SSSR count). The number of thiophene rings is 1. The average Bonchev–Trinajstić information content (AvgIpc) is 2.84. The predicted molar refractivity (Wildman–Crippen MR) is 77.8 cm³/mol. The summed E-state index contributed by atoms with van der Waals surface area (Å²) >= 11 is 4.77. The minimum atomic E-state index is -1.00. The van der Waals surface area contributed by atoms with Crippen LogP contribution in [0.2, 0.25) is 0 Å². The van der Waals surface area contributed by atoms with Gasteiger partial charge in [-0.2, -0.15) is 0 Å². The summed E-state index contributed by atoms with van der Waals surface area (Å²) in [4.78, 5) is 23.6. The topological polar surface area (TPSA) is 66.4 Å². The molecule has 0 aliphatic rings. The van der Waals surface area contributed by atoms with E-state index in [0.717, 1.165) is 4.88 Å². The van der Waals surface area contributed by atoms with Gasteiger partial charge in [0.15, 0.2) is 0 Å².